The number of fused-ring (bicyclic) bond motifs is 1. The molecule has 0 saturated carbocycles. The van der Waals surface area contributed by atoms with Crippen molar-refractivity contribution < 1.29 is 42.5 Å². The third-order valence-corrected chi connectivity index (χ3v) is 8.01. The number of benzene rings is 2. The minimum Gasteiger partial charge on any atom is -0.506 e. The van der Waals surface area contributed by atoms with Crippen molar-refractivity contribution in [3.63, 3.8) is 0 Å². The van der Waals surface area contributed by atoms with Gasteiger partial charge >= 0.3 is 17.4 Å². The van der Waals surface area contributed by atoms with E-state index in [-0.39, 0.29) is 47.0 Å². The molecule has 1 aliphatic heterocycles. The summed E-state index contributed by atoms with van der Waals surface area (Å²) in [6, 6.07) is 6.22. The molecular formula is C25H30N2O9S2. The maximum absolute atomic E-state index is 13.3. The highest BCUT2D eigenvalue weighted by molar-refractivity contribution is 8.13. The summed E-state index contributed by atoms with van der Waals surface area (Å²) in [5.41, 5.74) is -1.25. The number of thioether (sulfide) groups is 1. The molecule has 0 aliphatic carbocycles. The van der Waals surface area contributed by atoms with E-state index in [0.717, 1.165) is 17.8 Å². The topological polar surface area (TPSA) is 160 Å². The number of carboxylic acid groups (broad SMARTS) is 1. The molecule has 1 amide bonds. The molecule has 1 fully saturated rings. The average molecular weight is 567 g/mol. The van der Waals surface area contributed by atoms with E-state index >= 15 is 0 Å². The second-order valence-corrected chi connectivity index (χ2v) is 12.6. The lowest BCUT2D eigenvalue weighted by Gasteiger charge is -2.24. The summed E-state index contributed by atoms with van der Waals surface area (Å²) in [6.45, 7) is 8.56. The van der Waals surface area contributed by atoms with Crippen LogP contribution in [0.1, 0.15) is 37.6 Å². The summed E-state index contributed by atoms with van der Waals surface area (Å²) in [6.07, 6.45) is 0.977. The maximum Gasteiger partial charge on any atom is 0.410 e. The standard InChI is InChI=1S/C25H30N2O9S2/c1-5-10-35-23(31)27-14-16(37-24(32)36-25(2,3)4)11-15(27)13-26-38(33,34)20-12-19(22(29)30)21(28)18-9-7-6-8-17(18)20/h5-9,12,15-16,26,28H,1,10-11,13-14H2,2-4H3,(H,29,30). The molecule has 206 valence electrons. The molecule has 2 aromatic rings. The number of phenols is 1. The molecule has 2 atom stereocenters. The molecule has 1 heterocycles. The van der Waals surface area contributed by atoms with E-state index in [2.05, 4.69) is 11.3 Å². The molecule has 2 unspecified atom stereocenters. The third-order valence-electron chi connectivity index (χ3n) is 5.59. The minimum atomic E-state index is -4.30. The van der Waals surface area contributed by atoms with Gasteiger partial charge in [0.2, 0.25) is 10.0 Å². The number of hydrogen-bond donors (Lipinski definition) is 3. The smallest absolute Gasteiger partial charge is 0.410 e. The number of nitrogens with zero attached hydrogens (tertiary/aromatic N) is 1. The van der Waals surface area contributed by atoms with Gasteiger partial charge in [-0.1, -0.05) is 36.9 Å². The Balaban J connectivity index is 1.85. The highest BCUT2D eigenvalue weighted by atomic mass is 32.2. The highest BCUT2D eigenvalue weighted by Crippen LogP contribution is 2.35. The van der Waals surface area contributed by atoms with Crippen molar-refractivity contribution in [2.75, 3.05) is 19.7 Å². The number of rotatable bonds is 8. The van der Waals surface area contributed by atoms with E-state index in [9.17, 15) is 33.0 Å². The zero-order valence-corrected chi connectivity index (χ0v) is 22.8. The Morgan fingerprint density at radius 1 is 1.24 bits per heavy atom. The molecule has 0 bridgehead atoms. The first-order chi connectivity index (χ1) is 17.7. The monoisotopic (exact) mass is 566 g/mol. The fourth-order valence-electron chi connectivity index (χ4n) is 4.00. The van der Waals surface area contributed by atoms with Crippen LogP contribution in [0.2, 0.25) is 0 Å². The van der Waals surface area contributed by atoms with E-state index in [1.807, 2.05) is 0 Å². The van der Waals surface area contributed by atoms with Gasteiger partial charge in [-0.25, -0.2) is 27.5 Å². The van der Waals surface area contributed by atoms with Crippen LogP contribution in [0.5, 0.6) is 5.75 Å². The SMILES string of the molecule is C=CCOC(=O)N1CC(SC(=O)OC(C)(C)C)CC1CNS(=O)(=O)c1cc(C(=O)O)c(O)c2ccccc12. The number of nitrogens with one attached hydrogen (secondary N) is 1. The van der Waals surface area contributed by atoms with Crippen LogP contribution in [0.25, 0.3) is 10.8 Å². The van der Waals surface area contributed by atoms with Gasteiger partial charge in [-0.05, 0) is 45.0 Å². The van der Waals surface area contributed by atoms with Crippen molar-refractivity contribution in [2.24, 2.45) is 0 Å². The minimum absolute atomic E-state index is 0.0465. The number of carbonyl (C=O) groups excluding carboxylic acids is 2. The van der Waals surface area contributed by atoms with Gasteiger partial charge in [0, 0.05) is 35.2 Å². The number of hydrogen-bond acceptors (Lipinski definition) is 9. The van der Waals surface area contributed by atoms with E-state index in [1.54, 1.807) is 32.9 Å². The lowest BCUT2D eigenvalue weighted by molar-refractivity contribution is 0.0691. The summed E-state index contributed by atoms with van der Waals surface area (Å²) in [5, 5.41) is 19.1. The third kappa shape index (κ3) is 6.97. The van der Waals surface area contributed by atoms with Crippen molar-refractivity contribution in [1.29, 1.82) is 0 Å². The predicted molar refractivity (Wildman–Crippen MR) is 142 cm³/mol. The predicted octanol–water partition coefficient (Wildman–Crippen LogP) is 3.96. The van der Waals surface area contributed by atoms with Crippen molar-refractivity contribution in [3.8, 4) is 5.75 Å². The normalized spacial score (nSPS) is 17.8. The Morgan fingerprint density at radius 3 is 2.50 bits per heavy atom. The van der Waals surface area contributed by atoms with Gasteiger partial charge in [0.1, 0.15) is 23.5 Å². The van der Waals surface area contributed by atoms with Crippen LogP contribution in [0.4, 0.5) is 9.59 Å². The van der Waals surface area contributed by atoms with Gasteiger partial charge in [0.05, 0.1) is 4.90 Å². The molecule has 13 heteroatoms. The van der Waals surface area contributed by atoms with E-state index in [1.165, 1.54) is 23.1 Å². The summed E-state index contributed by atoms with van der Waals surface area (Å²) in [7, 11) is -4.30. The van der Waals surface area contributed by atoms with Crippen molar-refractivity contribution in [3.05, 3.63) is 48.6 Å². The molecule has 1 aliphatic rings. The molecular weight excluding hydrogens is 536 g/mol. The molecule has 11 nitrogen and oxygen atoms in total. The van der Waals surface area contributed by atoms with Crippen molar-refractivity contribution in [2.45, 2.75) is 49.0 Å². The zero-order chi connectivity index (χ0) is 28.3. The second kappa shape index (κ2) is 11.6. The lowest BCUT2D eigenvalue weighted by atomic mass is 10.1. The van der Waals surface area contributed by atoms with Crippen LogP contribution in [0.15, 0.2) is 47.9 Å². The van der Waals surface area contributed by atoms with Crippen molar-refractivity contribution >= 4 is 49.9 Å². The van der Waals surface area contributed by atoms with E-state index < -0.39 is 50.3 Å². The van der Waals surface area contributed by atoms with Gasteiger partial charge in [-0.3, -0.25) is 0 Å². The van der Waals surface area contributed by atoms with E-state index in [4.69, 9.17) is 9.47 Å². The highest BCUT2D eigenvalue weighted by Gasteiger charge is 2.39. The molecule has 3 rings (SSSR count). The van der Waals surface area contributed by atoms with Gasteiger partial charge in [-0.15, -0.1) is 0 Å². The number of amides is 1. The number of likely N-dealkylation sites (tertiary alicyclic amines) is 1. The summed E-state index contributed by atoms with van der Waals surface area (Å²) >= 11 is 0.920. The molecule has 2 aromatic carbocycles. The van der Waals surface area contributed by atoms with E-state index in [0.29, 0.717) is 0 Å². The molecule has 0 spiro atoms. The van der Waals surface area contributed by atoms with Crippen LogP contribution < -0.4 is 4.72 Å². The summed E-state index contributed by atoms with van der Waals surface area (Å²) < 4.78 is 39.6. The average Bonchev–Trinajstić information content (AvgIpc) is 3.22. The Morgan fingerprint density at radius 2 is 1.89 bits per heavy atom. The maximum atomic E-state index is 13.3. The first-order valence-corrected chi connectivity index (χ1v) is 14.0. The number of sulfonamides is 1. The first kappa shape index (κ1) is 29.3. The van der Waals surface area contributed by atoms with Gasteiger partial charge in [0.25, 0.3) is 0 Å². The number of aromatic hydroxyl groups is 1. The van der Waals surface area contributed by atoms with Crippen molar-refractivity contribution in [1.82, 2.24) is 9.62 Å². The molecule has 0 aromatic heterocycles. The van der Waals surface area contributed by atoms with Crippen LogP contribution in [0.3, 0.4) is 0 Å². The number of carboxylic acids is 1. The Labute approximate surface area is 224 Å². The zero-order valence-electron chi connectivity index (χ0n) is 21.2. The Hall–Kier alpha value is -3.29. The fraction of sp³-hybridized carbons (Fsp3) is 0.400. The Bertz CT molecular complexity index is 1350. The molecule has 38 heavy (non-hydrogen) atoms. The number of aromatic carboxylic acids is 1. The first-order valence-electron chi connectivity index (χ1n) is 11.6. The Kier molecular flexibility index (Phi) is 8.95. The van der Waals surface area contributed by atoms with Gasteiger partial charge in [0.15, 0.2) is 0 Å². The van der Waals surface area contributed by atoms with Gasteiger partial charge in [-0.2, -0.15) is 0 Å². The molecule has 3 N–H and O–H groups in total. The van der Waals surface area contributed by atoms with Crippen LogP contribution in [0, 0.1) is 0 Å². The lowest BCUT2D eigenvalue weighted by Crippen LogP contribution is -2.43. The molecule has 1 saturated heterocycles. The fourth-order valence-corrected chi connectivity index (χ4v) is 6.43. The quantitative estimate of drug-likeness (QED) is 0.315. The second-order valence-electron chi connectivity index (χ2n) is 9.59. The summed E-state index contributed by atoms with van der Waals surface area (Å²) in [4.78, 5) is 37.6. The largest absolute Gasteiger partial charge is 0.506 e. The van der Waals surface area contributed by atoms with Crippen LogP contribution in [-0.4, -0.2) is 77.5 Å². The number of ether oxygens (including phenoxy) is 2. The molecule has 0 radical (unpaired) electrons. The van der Waals surface area contributed by atoms with Crippen LogP contribution >= 0.6 is 11.8 Å². The van der Waals surface area contributed by atoms with Gasteiger partial charge < -0.3 is 24.6 Å². The summed E-state index contributed by atoms with van der Waals surface area (Å²) in [5.74, 6) is -2.03. The number of carbonyl (C=O) groups is 3. The van der Waals surface area contributed by atoms with Crippen LogP contribution in [-0.2, 0) is 19.5 Å².